The monoisotopic (exact) mass is 370 g/mol. The molecule has 2 N–H and O–H groups in total. The Morgan fingerprint density at radius 2 is 2.00 bits per heavy atom. The van der Waals surface area contributed by atoms with Crippen molar-refractivity contribution in [3.63, 3.8) is 0 Å². The number of rotatable bonds is 5. The molecule has 0 spiro atoms. The van der Waals surface area contributed by atoms with Crippen molar-refractivity contribution in [2.24, 2.45) is 0 Å². The lowest BCUT2D eigenvalue weighted by Gasteiger charge is -2.34. The van der Waals surface area contributed by atoms with Crippen LogP contribution in [-0.2, 0) is 4.74 Å². The number of ether oxygens (including phenoxy) is 3. The average molecular weight is 370 g/mol. The minimum Gasteiger partial charge on any atom is -0.454 e. The van der Waals surface area contributed by atoms with Crippen molar-refractivity contribution in [1.82, 2.24) is 15.2 Å². The molecule has 8 nitrogen and oxygen atoms in total. The molecule has 0 saturated carbocycles. The molecule has 0 bridgehead atoms. The molecule has 1 aromatic heterocycles. The van der Waals surface area contributed by atoms with Crippen molar-refractivity contribution in [2.45, 2.75) is 6.04 Å². The fourth-order valence-electron chi connectivity index (χ4n) is 3.22. The Kier molecular flexibility index (Phi) is 5.36. The predicted molar refractivity (Wildman–Crippen MR) is 99.0 cm³/mol. The van der Waals surface area contributed by atoms with Crippen LogP contribution in [0.2, 0.25) is 0 Å². The number of aromatic nitrogens is 1. The maximum absolute atomic E-state index is 12.4. The number of benzene rings is 1. The lowest BCUT2D eigenvalue weighted by Crippen LogP contribution is -2.44. The largest absolute Gasteiger partial charge is 0.454 e. The van der Waals surface area contributed by atoms with Gasteiger partial charge < -0.3 is 24.8 Å². The summed E-state index contributed by atoms with van der Waals surface area (Å²) in [7, 11) is 0. The van der Waals surface area contributed by atoms with Crippen molar-refractivity contribution in [2.75, 3.05) is 45.0 Å². The highest BCUT2D eigenvalue weighted by atomic mass is 16.7. The zero-order valence-corrected chi connectivity index (χ0v) is 14.9. The van der Waals surface area contributed by atoms with Crippen LogP contribution in [0.1, 0.15) is 11.7 Å². The fourth-order valence-corrected chi connectivity index (χ4v) is 3.22. The van der Waals surface area contributed by atoms with Crippen molar-refractivity contribution in [1.29, 1.82) is 0 Å². The number of amides is 2. The van der Waals surface area contributed by atoms with Crippen LogP contribution in [0.5, 0.6) is 11.5 Å². The summed E-state index contributed by atoms with van der Waals surface area (Å²) in [6.45, 7) is 3.66. The van der Waals surface area contributed by atoms with Crippen LogP contribution < -0.4 is 20.1 Å². The molecular formula is C19H22N4O4. The van der Waals surface area contributed by atoms with Crippen LogP contribution >= 0.6 is 0 Å². The molecule has 2 aromatic rings. The molecule has 2 aliphatic heterocycles. The number of pyridine rings is 1. The molecule has 3 heterocycles. The van der Waals surface area contributed by atoms with Gasteiger partial charge in [0.15, 0.2) is 11.5 Å². The molecule has 2 aliphatic rings. The second-order valence-corrected chi connectivity index (χ2v) is 6.32. The van der Waals surface area contributed by atoms with E-state index in [2.05, 4.69) is 20.5 Å². The van der Waals surface area contributed by atoms with Gasteiger partial charge in [0.1, 0.15) is 0 Å². The Morgan fingerprint density at radius 1 is 1.15 bits per heavy atom. The van der Waals surface area contributed by atoms with E-state index in [1.54, 1.807) is 24.4 Å². The van der Waals surface area contributed by atoms with Gasteiger partial charge in [-0.15, -0.1) is 0 Å². The van der Waals surface area contributed by atoms with E-state index in [0.717, 1.165) is 18.8 Å². The molecule has 0 aliphatic carbocycles. The summed E-state index contributed by atoms with van der Waals surface area (Å²) in [5.41, 5.74) is 1.58. The number of carbonyl (C=O) groups is 1. The first-order chi connectivity index (χ1) is 13.3. The number of morpholine rings is 1. The van der Waals surface area contributed by atoms with Gasteiger partial charge in [-0.25, -0.2) is 4.79 Å². The van der Waals surface area contributed by atoms with E-state index < -0.39 is 0 Å². The van der Waals surface area contributed by atoms with Gasteiger partial charge in [0, 0.05) is 37.6 Å². The molecule has 0 radical (unpaired) electrons. The van der Waals surface area contributed by atoms with Gasteiger partial charge in [-0.05, 0) is 24.3 Å². The Morgan fingerprint density at radius 3 is 2.81 bits per heavy atom. The maximum Gasteiger partial charge on any atom is 0.319 e. The SMILES string of the molecule is O=C(NCC(c1ccccn1)N1CCOCC1)Nc1ccc2c(c1)OCO2. The normalized spacial score (nSPS) is 17.3. The Hall–Kier alpha value is -2.84. The van der Waals surface area contributed by atoms with Crippen LogP contribution in [0.25, 0.3) is 0 Å². The first kappa shape index (κ1) is 17.6. The van der Waals surface area contributed by atoms with Gasteiger partial charge in [0.25, 0.3) is 0 Å². The number of urea groups is 1. The van der Waals surface area contributed by atoms with Crippen molar-refractivity contribution in [3.8, 4) is 11.5 Å². The minimum atomic E-state index is -0.275. The third-order valence-corrected chi connectivity index (χ3v) is 4.60. The summed E-state index contributed by atoms with van der Waals surface area (Å²) in [6.07, 6.45) is 1.77. The third kappa shape index (κ3) is 4.29. The van der Waals surface area contributed by atoms with E-state index >= 15 is 0 Å². The molecule has 1 unspecified atom stereocenters. The minimum absolute atomic E-state index is 0.00222. The van der Waals surface area contributed by atoms with Crippen molar-refractivity contribution in [3.05, 3.63) is 48.3 Å². The number of nitrogens with zero attached hydrogens (tertiary/aromatic N) is 2. The quantitative estimate of drug-likeness (QED) is 0.838. The van der Waals surface area contributed by atoms with Gasteiger partial charge in [-0.1, -0.05) is 6.07 Å². The standard InChI is InChI=1S/C19H22N4O4/c24-19(22-14-4-5-17-18(11-14)27-13-26-17)21-12-16(15-3-1-2-6-20-15)23-7-9-25-10-8-23/h1-6,11,16H,7-10,12-13H2,(H2,21,22,24). The summed E-state index contributed by atoms with van der Waals surface area (Å²) in [4.78, 5) is 19.1. The number of anilines is 1. The highest BCUT2D eigenvalue weighted by molar-refractivity contribution is 5.89. The third-order valence-electron chi connectivity index (χ3n) is 4.60. The predicted octanol–water partition coefficient (Wildman–Crippen LogP) is 2.01. The number of nitrogens with one attached hydrogen (secondary N) is 2. The first-order valence-corrected chi connectivity index (χ1v) is 8.97. The highest BCUT2D eigenvalue weighted by Gasteiger charge is 2.24. The van der Waals surface area contributed by atoms with Gasteiger partial charge in [-0.2, -0.15) is 0 Å². The lowest BCUT2D eigenvalue weighted by atomic mass is 10.1. The van der Waals surface area contributed by atoms with E-state index in [1.807, 2.05) is 18.2 Å². The summed E-state index contributed by atoms with van der Waals surface area (Å²) in [6, 6.07) is 10.9. The van der Waals surface area contributed by atoms with E-state index in [1.165, 1.54) is 0 Å². The fraction of sp³-hybridized carbons (Fsp3) is 0.368. The number of hydrogen-bond donors (Lipinski definition) is 2. The summed E-state index contributed by atoms with van der Waals surface area (Å²) >= 11 is 0. The molecule has 1 saturated heterocycles. The highest BCUT2D eigenvalue weighted by Crippen LogP contribution is 2.34. The number of hydrogen-bond acceptors (Lipinski definition) is 6. The van der Waals surface area contributed by atoms with E-state index in [-0.39, 0.29) is 18.9 Å². The van der Waals surface area contributed by atoms with Gasteiger partial charge in [0.05, 0.1) is 24.9 Å². The molecule has 8 heteroatoms. The van der Waals surface area contributed by atoms with E-state index in [9.17, 15) is 4.79 Å². The Labute approximate surface area is 157 Å². The summed E-state index contributed by atoms with van der Waals surface area (Å²) < 4.78 is 16.1. The first-order valence-electron chi connectivity index (χ1n) is 8.97. The van der Waals surface area contributed by atoms with Crippen molar-refractivity contribution >= 4 is 11.7 Å². The molecule has 27 heavy (non-hydrogen) atoms. The van der Waals surface area contributed by atoms with Crippen molar-refractivity contribution < 1.29 is 19.0 Å². The smallest absolute Gasteiger partial charge is 0.319 e. The molecule has 1 fully saturated rings. The molecule has 2 amide bonds. The summed E-state index contributed by atoms with van der Waals surface area (Å²) in [5.74, 6) is 1.32. The second kappa shape index (κ2) is 8.24. The van der Waals surface area contributed by atoms with E-state index in [0.29, 0.717) is 36.9 Å². The topological polar surface area (TPSA) is 85.0 Å². The summed E-state index contributed by atoms with van der Waals surface area (Å²) in [5, 5.41) is 5.78. The van der Waals surface area contributed by atoms with Crippen LogP contribution in [-0.4, -0.2) is 55.6 Å². The van der Waals surface area contributed by atoms with Crippen LogP contribution in [0.4, 0.5) is 10.5 Å². The zero-order chi connectivity index (χ0) is 18.5. The van der Waals surface area contributed by atoms with Crippen LogP contribution in [0.3, 0.4) is 0 Å². The van der Waals surface area contributed by atoms with Gasteiger partial charge >= 0.3 is 6.03 Å². The van der Waals surface area contributed by atoms with Crippen LogP contribution in [0, 0.1) is 0 Å². The average Bonchev–Trinajstić information content (AvgIpc) is 3.18. The molecule has 1 aromatic carbocycles. The lowest BCUT2D eigenvalue weighted by molar-refractivity contribution is 0.0159. The van der Waals surface area contributed by atoms with Gasteiger partial charge in [0.2, 0.25) is 6.79 Å². The maximum atomic E-state index is 12.4. The number of carbonyl (C=O) groups excluding carboxylic acids is 1. The molecular weight excluding hydrogens is 348 g/mol. The Bertz CT molecular complexity index is 781. The molecule has 142 valence electrons. The second-order valence-electron chi connectivity index (χ2n) is 6.32. The Balaban J connectivity index is 1.38. The van der Waals surface area contributed by atoms with Gasteiger partial charge in [-0.3, -0.25) is 9.88 Å². The van der Waals surface area contributed by atoms with Crippen LogP contribution in [0.15, 0.2) is 42.6 Å². The zero-order valence-electron chi connectivity index (χ0n) is 14.9. The number of fused-ring (bicyclic) bond motifs is 1. The molecule has 1 atom stereocenters. The van der Waals surface area contributed by atoms with E-state index in [4.69, 9.17) is 14.2 Å². The molecule has 4 rings (SSSR count).